The molecule has 2 aliphatic heterocycles. The Hall–Kier alpha value is -1.83. The smallest absolute Gasteiger partial charge is 0.324 e. The largest absolute Gasteiger partial charge is 0.381 e. The molecule has 8 heteroatoms. The summed E-state index contributed by atoms with van der Waals surface area (Å²) in [6.07, 6.45) is 1.07. The van der Waals surface area contributed by atoms with Crippen molar-refractivity contribution in [3.63, 3.8) is 0 Å². The monoisotopic (exact) mass is 297 g/mol. The van der Waals surface area contributed by atoms with E-state index in [1.807, 2.05) is 11.9 Å². The van der Waals surface area contributed by atoms with Gasteiger partial charge in [0.1, 0.15) is 0 Å². The number of carbonyl (C=O) groups excluding carboxylic acids is 2. The van der Waals surface area contributed by atoms with Crippen molar-refractivity contribution < 1.29 is 14.3 Å². The van der Waals surface area contributed by atoms with E-state index in [4.69, 9.17) is 4.74 Å². The van der Waals surface area contributed by atoms with Gasteiger partial charge in [-0.1, -0.05) is 0 Å². The molecular weight excluding hydrogens is 274 g/mol. The van der Waals surface area contributed by atoms with Crippen molar-refractivity contribution >= 4 is 17.9 Å². The molecule has 2 N–H and O–H groups in total. The Morgan fingerprint density at radius 1 is 1.57 bits per heavy atom. The molecule has 21 heavy (non-hydrogen) atoms. The van der Waals surface area contributed by atoms with E-state index >= 15 is 0 Å². The lowest BCUT2D eigenvalue weighted by molar-refractivity contribution is -0.124. The first-order chi connectivity index (χ1) is 10.1. The molecule has 2 saturated heterocycles. The van der Waals surface area contributed by atoms with Crippen molar-refractivity contribution in [2.75, 3.05) is 53.5 Å². The molecule has 0 aliphatic carbocycles. The molecule has 0 bridgehead atoms. The van der Waals surface area contributed by atoms with E-state index in [1.54, 1.807) is 7.05 Å². The van der Waals surface area contributed by atoms with Gasteiger partial charge in [0.25, 0.3) is 0 Å². The highest BCUT2D eigenvalue weighted by atomic mass is 16.5. The van der Waals surface area contributed by atoms with Crippen molar-refractivity contribution in [1.29, 1.82) is 0 Å². The molecule has 2 fully saturated rings. The van der Waals surface area contributed by atoms with Crippen molar-refractivity contribution in [2.45, 2.75) is 6.42 Å². The highest BCUT2D eigenvalue weighted by Gasteiger charge is 2.27. The quantitative estimate of drug-likeness (QED) is 0.389. The van der Waals surface area contributed by atoms with Crippen LogP contribution in [0.3, 0.4) is 0 Å². The van der Waals surface area contributed by atoms with Crippen LogP contribution in [-0.2, 0) is 9.53 Å². The third-order valence-corrected chi connectivity index (χ3v) is 3.68. The number of urea groups is 1. The maximum absolute atomic E-state index is 11.5. The van der Waals surface area contributed by atoms with Gasteiger partial charge in [-0.2, -0.15) is 0 Å². The van der Waals surface area contributed by atoms with Gasteiger partial charge in [0.2, 0.25) is 5.91 Å². The third kappa shape index (κ3) is 4.07. The number of amides is 3. The van der Waals surface area contributed by atoms with Crippen LogP contribution < -0.4 is 10.6 Å². The molecule has 0 aromatic heterocycles. The molecular formula is C13H23N5O3. The second-order valence-electron chi connectivity index (χ2n) is 5.29. The number of nitrogens with zero attached hydrogens (tertiary/aromatic N) is 3. The van der Waals surface area contributed by atoms with Crippen LogP contribution in [0.1, 0.15) is 6.42 Å². The Balaban J connectivity index is 1.74. The molecule has 2 rings (SSSR count). The number of guanidine groups is 1. The van der Waals surface area contributed by atoms with Crippen LogP contribution in [0.5, 0.6) is 0 Å². The van der Waals surface area contributed by atoms with Gasteiger partial charge in [0.05, 0.1) is 13.2 Å². The normalized spacial score (nSPS) is 22.7. The number of nitrogens with one attached hydrogen (secondary N) is 2. The summed E-state index contributed by atoms with van der Waals surface area (Å²) in [5.74, 6) is 1.10. The van der Waals surface area contributed by atoms with Crippen molar-refractivity contribution in [1.82, 2.24) is 20.4 Å². The number of rotatable bonds is 5. The van der Waals surface area contributed by atoms with Crippen molar-refractivity contribution in [2.24, 2.45) is 10.9 Å². The summed E-state index contributed by atoms with van der Waals surface area (Å²) in [5.41, 5.74) is 0. The molecule has 1 unspecified atom stereocenters. The van der Waals surface area contributed by atoms with E-state index in [9.17, 15) is 9.59 Å². The molecule has 2 heterocycles. The summed E-state index contributed by atoms with van der Waals surface area (Å²) in [4.78, 5) is 30.3. The van der Waals surface area contributed by atoms with Crippen LogP contribution >= 0.6 is 0 Å². The zero-order valence-electron chi connectivity index (χ0n) is 12.6. The van der Waals surface area contributed by atoms with Gasteiger partial charge in [-0.15, -0.1) is 0 Å². The third-order valence-electron chi connectivity index (χ3n) is 3.68. The first-order valence-electron chi connectivity index (χ1n) is 7.19. The van der Waals surface area contributed by atoms with Crippen LogP contribution in [0, 0.1) is 5.92 Å². The maximum atomic E-state index is 11.5. The Bertz CT molecular complexity index is 404. The molecule has 0 radical (unpaired) electrons. The van der Waals surface area contributed by atoms with Crippen LogP contribution in [0.4, 0.5) is 4.79 Å². The Kier molecular flexibility index (Phi) is 5.38. The summed E-state index contributed by atoms with van der Waals surface area (Å²) in [7, 11) is 3.69. The summed E-state index contributed by atoms with van der Waals surface area (Å²) in [6, 6.07) is -0.326. The minimum Gasteiger partial charge on any atom is -0.381 e. The Morgan fingerprint density at radius 2 is 2.38 bits per heavy atom. The number of imide groups is 1. The maximum Gasteiger partial charge on any atom is 0.324 e. The first kappa shape index (κ1) is 15.6. The first-order valence-corrected chi connectivity index (χ1v) is 7.19. The van der Waals surface area contributed by atoms with Crippen molar-refractivity contribution in [3.8, 4) is 0 Å². The van der Waals surface area contributed by atoms with E-state index < -0.39 is 0 Å². The minimum atomic E-state index is -0.326. The molecule has 2 aliphatic rings. The molecule has 0 saturated carbocycles. The van der Waals surface area contributed by atoms with E-state index in [0.29, 0.717) is 19.0 Å². The van der Waals surface area contributed by atoms with E-state index in [-0.39, 0.29) is 18.5 Å². The Labute approximate surface area is 124 Å². The van der Waals surface area contributed by atoms with Crippen molar-refractivity contribution in [3.05, 3.63) is 0 Å². The van der Waals surface area contributed by atoms with Crippen LogP contribution in [-0.4, -0.2) is 81.2 Å². The Morgan fingerprint density at radius 3 is 2.95 bits per heavy atom. The lowest BCUT2D eigenvalue weighted by Gasteiger charge is -2.25. The fourth-order valence-electron chi connectivity index (χ4n) is 2.55. The van der Waals surface area contributed by atoms with Gasteiger partial charge in [0, 0.05) is 46.3 Å². The predicted octanol–water partition coefficient (Wildman–Crippen LogP) is -0.918. The van der Waals surface area contributed by atoms with Gasteiger partial charge in [0.15, 0.2) is 5.96 Å². The molecule has 118 valence electrons. The molecule has 0 spiro atoms. The minimum absolute atomic E-state index is 0.0924. The average Bonchev–Trinajstić information content (AvgIpc) is 3.07. The van der Waals surface area contributed by atoms with Gasteiger partial charge in [-0.3, -0.25) is 14.7 Å². The van der Waals surface area contributed by atoms with Crippen LogP contribution in [0.25, 0.3) is 0 Å². The summed E-state index contributed by atoms with van der Waals surface area (Å²) in [5, 5.41) is 5.67. The second-order valence-corrected chi connectivity index (χ2v) is 5.29. The summed E-state index contributed by atoms with van der Waals surface area (Å²) >= 11 is 0. The zero-order valence-corrected chi connectivity index (χ0v) is 12.6. The number of hydrogen-bond acceptors (Lipinski definition) is 4. The van der Waals surface area contributed by atoms with E-state index in [1.165, 1.54) is 4.90 Å². The van der Waals surface area contributed by atoms with E-state index in [2.05, 4.69) is 15.6 Å². The molecule has 8 nitrogen and oxygen atoms in total. The van der Waals surface area contributed by atoms with E-state index in [0.717, 1.165) is 32.1 Å². The molecule has 0 aromatic carbocycles. The van der Waals surface area contributed by atoms with Crippen LogP contribution in [0.2, 0.25) is 0 Å². The highest BCUT2D eigenvalue weighted by Crippen LogP contribution is 2.13. The summed E-state index contributed by atoms with van der Waals surface area (Å²) in [6.45, 7) is 3.42. The fourth-order valence-corrected chi connectivity index (χ4v) is 2.55. The highest BCUT2D eigenvalue weighted by molar-refractivity contribution is 6.01. The topological polar surface area (TPSA) is 86.3 Å². The molecule has 1 atom stereocenters. The number of aliphatic imine (C=N–C) groups is 1. The number of hydrogen-bond donors (Lipinski definition) is 2. The summed E-state index contributed by atoms with van der Waals surface area (Å²) < 4.78 is 5.37. The van der Waals surface area contributed by atoms with Gasteiger partial charge >= 0.3 is 6.03 Å². The lowest BCUT2D eigenvalue weighted by atomic mass is 10.1. The van der Waals surface area contributed by atoms with Crippen LogP contribution in [0.15, 0.2) is 4.99 Å². The standard InChI is InChI=1S/C13H23N5O3/c1-14-12(17(2)8-10-3-6-21-9-10)15-4-5-18-11(19)7-16-13(18)20/h10H,3-9H2,1-2H3,(H,14,15)(H,16,20). The second kappa shape index (κ2) is 7.26. The predicted molar refractivity (Wildman–Crippen MR) is 78.0 cm³/mol. The lowest BCUT2D eigenvalue weighted by Crippen LogP contribution is -2.45. The van der Waals surface area contributed by atoms with Gasteiger partial charge < -0.3 is 20.3 Å². The molecule has 3 amide bonds. The molecule has 0 aromatic rings. The van der Waals surface area contributed by atoms with Gasteiger partial charge in [-0.05, 0) is 6.42 Å². The van der Waals surface area contributed by atoms with Gasteiger partial charge in [-0.25, -0.2) is 4.79 Å². The fraction of sp³-hybridized carbons (Fsp3) is 0.769. The average molecular weight is 297 g/mol. The zero-order chi connectivity index (χ0) is 15.2. The number of carbonyl (C=O) groups is 2. The number of ether oxygens (including phenoxy) is 1. The SMILES string of the molecule is CN=C(NCCN1C(=O)CNC1=O)N(C)CC1CCOC1.